The number of furan rings is 1. The summed E-state index contributed by atoms with van der Waals surface area (Å²) in [6.07, 6.45) is -2.67. The molecule has 2 aromatic heterocycles. The molecule has 0 radical (unpaired) electrons. The highest BCUT2D eigenvalue weighted by molar-refractivity contribution is 5.72. The second-order valence-corrected chi connectivity index (χ2v) is 6.99. The normalized spacial score (nSPS) is 24.0. The van der Waals surface area contributed by atoms with Gasteiger partial charge in [-0.05, 0) is 51.5 Å². The molecule has 1 aliphatic carbocycles. The maximum atomic E-state index is 13.7. The molecule has 0 amide bonds. The first-order valence-corrected chi connectivity index (χ1v) is 7.57. The van der Waals surface area contributed by atoms with Gasteiger partial charge < -0.3 is 9.15 Å². The van der Waals surface area contributed by atoms with E-state index >= 15 is 0 Å². The summed E-state index contributed by atoms with van der Waals surface area (Å²) in [7, 11) is 0. The quantitative estimate of drug-likeness (QED) is 0.784. The van der Waals surface area contributed by atoms with E-state index in [9.17, 15) is 18.0 Å². The highest BCUT2D eigenvalue weighted by atomic mass is 19.4. The van der Waals surface area contributed by atoms with Gasteiger partial charge in [0.05, 0.1) is 6.26 Å². The number of alkyl halides is 3. The summed E-state index contributed by atoms with van der Waals surface area (Å²) in [6, 6.07) is 5.82. The lowest BCUT2D eigenvalue weighted by atomic mass is 9.98. The number of carbonyl (C=O) groups excluding carboxylic acids is 1. The maximum Gasteiger partial charge on any atom is 0.418 e. The number of ether oxygens (including phenoxy) is 1. The fourth-order valence-corrected chi connectivity index (χ4v) is 3.03. The molecule has 7 heteroatoms. The molecule has 2 atom stereocenters. The Labute approximate surface area is 137 Å². The summed E-state index contributed by atoms with van der Waals surface area (Å²) < 4.78 is 52.6. The van der Waals surface area contributed by atoms with Crippen LogP contribution in [0.1, 0.15) is 44.6 Å². The highest BCUT2D eigenvalue weighted by Crippen LogP contribution is 2.68. The van der Waals surface area contributed by atoms with E-state index in [2.05, 4.69) is 0 Å². The fourth-order valence-electron chi connectivity index (χ4n) is 3.03. The van der Waals surface area contributed by atoms with Gasteiger partial charge in [-0.1, -0.05) is 0 Å². The van der Waals surface area contributed by atoms with Gasteiger partial charge in [0.2, 0.25) is 0 Å². The van der Waals surface area contributed by atoms with Gasteiger partial charge in [-0.25, -0.2) is 4.79 Å². The Morgan fingerprint density at radius 2 is 2.00 bits per heavy atom. The predicted molar refractivity (Wildman–Crippen MR) is 79.9 cm³/mol. The van der Waals surface area contributed by atoms with Crippen molar-refractivity contribution in [3.05, 3.63) is 48.2 Å². The lowest BCUT2D eigenvalue weighted by Gasteiger charge is -2.22. The van der Waals surface area contributed by atoms with E-state index in [-0.39, 0.29) is 17.9 Å². The Hall–Kier alpha value is -2.18. The average molecular weight is 341 g/mol. The van der Waals surface area contributed by atoms with Gasteiger partial charge in [0, 0.05) is 17.8 Å². The molecule has 0 unspecified atom stereocenters. The predicted octanol–water partition coefficient (Wildman–Crippen LogP) is 4.85. The molecule has 24 heavy (non-hydrogen) atoms. The molecule has 0 spiro atoms. The summed E-state index contributed by atoms with van der Waals surface area (Å²) in [5, 5.41) is 0. The van der Waals surface area contributed by atoms with E-state index in [0.29, 0.717) is 0 Å². The minimum Gasteiger partial charge on any atom is -0.468 e. The Balaban J connectivity index is 1.95. The first-order chi connectivity index (χ1) is 11.1. The number of halogens is 3. The van der Waals surface area contributed by atoms with E-state index in [1.165, 1.54) is 30.7 Å². The zero-order valence-electron chi connectivity index (χ0n) is 13.6. The fraction of sp³-hybridized carbons (Fsp3) is 0.471. The second kappa shape index (κ2) is 5.16. The minimum absolute atomic E-state index is 0.128. The van der Waals surface area contributed by atoms with Crippen LogP contribution in [0.3, 0.4) is 0 Å². The van der Waals surface area contributed by atoms with Crippen molar-refractivity contribution in [2.45, 2.75) is 50.3 Å². The van der Waals surface area contributed by atoms with Crippen molar-refractivity contribution in [2.75, 3.05) is 0 Å². The molecule has 1 fully saturated rings. The molecular formula is C17H18F3NO3. The third kappa shape index (κ3) is 2.61. The Morgan fingerprint density at radius 1 is 1.29 bits per heavy atom. The molecule has 4 nitrogen and oxygen atoms in total. The van der Waals surface area contributed by atoms with Gasteiger partial charge in [-0.2, -0.15) is 13.2 Å². The van der Waals surface area contributed by atoms with Crippen molar-refractivity contribution < 1.29 is 27.1 Å². The molecule has 2 heterocycles. The first kappa shape index (κ1) is 16.7. The lowest BCUT2D eigenvalue weighted by Crippen LogP contribution is -2.31. The van der Waals surface area contributed by atoms with Gasteiger partial charge in [0.15, 0.2) is 0 Å². The molecule has 3 rings (SSSR count). The molecule has 130 valence electrons. The number of hydrogen-bond donors (Lipinski definition) is 0. The van der Waals surface area contributed by atoms with Crippen LogP contribution in [-0.4, -0.2) is 22.4 Å². The van der Waals surface area contributed by atoms with Crippen LogP contribution in [0, 0.1) is 0 Å². The van der Waals surface area contributed by atoms with Crippen LogP contribution in [0.25, 0.3) is 0 Å². The minimum atomic E-state index is -4.47. The van der Waals surface area contributed by atoms with Crippen molar-refractivity contribution in [3.8, 4) is 0 Å². The monoisotopic (exact) mass is 341 g/mol. The zero-order chi connectivity index (χ0) is 17.8. The van der Waals surface area contributed by atoms with Crippen LogP contribution < -0.4 is 0 Å². The number of hydrogen-bond acceptors (Lipinski definition) is 3. The van der Waals surface area contributed by atoms with Crippen LogP contribution in [-0.2, 0) is 10.2 Å². The smallest absolute Gasteiger partial charge is 0.418 e. The topological polar surface area (TPSA) is 44.4 Å². The van der Waals surface area contributed by atoms with Gasteiger partial charge in [0.1, 0.15) is 16.8 Å². The Kier molecular flexibility index (Phi) is 3.58. The van der Waals surface area contributed by atoms with Crippen molar-refractivity contribution in [2.24, 2.45) is 0 Å². The van der Waals surface area contributed by atoms with Gasteiger partial charge in [-0.15, -0.1) is 0 Å². The maximum absolute atomic E-state index is 13.7. The molecule has 0 bridgehead atoms. The van der Waals surface area contributed by atoms with Crippen molar-refractivity contribution in [1.82, 2.24) is 4.57 Å². The van der Waals surface area contributed by atoms with Gasteiger partial charge in [-0.3, -0.25) is 4.57 Å². The summed E-state index contributed by atoms with van der Waals surface area (Å²) >= 11 is 0. The first-order valence-electron chi connectivity index (χ1n) is 7.57. The van der Waals surface area contributed by atoms with Crippen LogP contribution in [0.4, 0.5) is 18.0 Å². The molecule has 0 aromatic carbocycles. The molecular weight excluding hydrogens is 323 g/mol. The van der Waals surface area contributed by atoms with Crippen molar-refractivity contribution in [3.63, 3.8) is 0 Å². The summed E-state index contributed by atoms with van der Waals surface area (Å²) in [4.78, 5) is 12.3. The van der Waals surface area contributed by atoms with Gasteiger partial charge >= 0.3 is 12.3 Å². The van der Waals surface area contributed by atoms with Crippen LogP contribution in [0.15, 0.2) is 41.1 Å². The Morgan fingerprint density at radius 3 is 2.54 bits per heavy atom. The van der Waals surface area contributed by atoms with Crippen LogP contribution in [0.5, 0.6) is 0 Å². The van der Waals surface area contributed by atoms with E-state index in [0.717, 1.165) is 4.57 Å². The van der Waals surface area contributed by atoms with Crippen LogP contribution >= 0.6 is 0 Å². The number of carbonyl (C=O) groups is 1. The summed E-state index contributed by atoms with van der Waals surface area (Å²) in [6.45, 7) is 5.11. The molecule has 1 saturated carbocycles. The summed E-state index contributed by atoms with van der Waals surface area (Å²) in [5.41, 5.74) is -2.54. The standard InChI is InChI=1S/C17H18F3NO3/c1-15(2,3)24-14(22)21-8-4-6-12(21)11-10-16(11,17(18,19)20)13-7-5-9-23-13/h4-9,11H,10H2,1-3H3/t11-,16+/m0/s1. The molecule has 0 saturated heterocycles. The average Bonchev–Trinajstić information content (AvgIpc) is 2.87. The SMILES string of the molecule is CC(C)(C)OC(=O)n1cccc1[C@@H]1C[C@@]1(c1ccco1)C(F)(F)F. The van der Waals surface area contributed by atoms with E-state index in [4.69, 9.17) is 9.15 Å². The third-order valence-corrected chi connectivity index (χ3v) is 4.16. The lowest BCUT2D eigenvalue weighted by molar-refractivity contribution is -0.166. The largest absolute Gasteiger partial charge is 0.468 e. The van der Waals surface area contributed by atoms with Crippen molar-refractivity contribution >= 4 is 6.09 Å². The third-order valence-electron chi connectivity index (χ3n) is 4.16. The number of aromatic nitrogens is 1. The molecule has 1 aliphatic rings. The zero-order valence-corrected chi connectivity index (χ0v) is 13.6. The highest BCUT2D eigenvalue weighted by Gasteiger charge is 2.74. The number of rotatable bonds is 2. The van der Waals surface area contributed by atoms with E-state index in [1.54, 1.807) is 26.8 Å². The number of nitrogens with zero attached hydrogens (tertiary/aromatic N) is 1. The van der Waals surface area contributed by atoms with Crippen molar-refractivity contribution in [1.29, 1.82) is 0 Å². The Bertz CT molecular complexity index is 740. The summed E-state index contributed by atoms with van der Waals surface area (Å²) in [5.74, 6) is -1.01. The molecule has 2 aromatic rings. The molecule has 0 aliphatic heterocycles. The molecule has 0 N–H and O–H groups in total. The van der Waals surface area contributed by atoms with E-state index < -0.39 is 29.2 Å². The second-order valence-electron chi connectivity index (χ2n) is 6.99. The van der Waals surface area contributed by atoms with E-state index in [1.807, 2.05) is 0 Å². The van der Waals surface area contributed by atoms with Gasteiger partial charge in [0.25, 0.3) is 0 Å². The van der Waals surface area contributed by atoms with Crippen LogP contribution in [0.2, 0.25) is 0 Å².